The van der Waals surface area contributed by atoms with E-state index < -0.39 is 0 Å². The van der Waals surface area contributed by atoms with Crippen molar-refractivity contribution in [2.24, 2.45) is 23.7 Å². The number of ether oxygens (including phenoxy) is 1. The summed E-state index contributed by atoms with van der Waals surface area (Å²) in [4.78, 5) is 20.6. The number of pyridine rings is 1. The Hall–Kier alpha value is -3.03. The molecule has 5 rings (SSSR count). The number of nitrogens with zero attached hydrogens (tertiary/aromatic N) is 3. The van der Waals surface area contributed by atoms with E-state index in [-0.39, 0.29) is 23.7 Å². The second kappa shape index (κ2) is 6.54. The fourth-order valence-corrected chi connectivity index (χ4v) is 4.73. The number of anilines is 1. The third kappa shape index (κ3) is 2.98. The van der Waals surface area contributed by atoms with Gasteiger partial charge in [0.2, 0.25) is 11.9 Å². The van der Waals surface area contributed by atoms with Crippen LogP contribution in [-0.4, -0.2) is 32.2 Å². The topological polar surface area (TPSA) is 92.8 Å². The minimum absolute atomic E-state index is 0.0378. The summed E-state index contributed by atoms with van der Waals surface area (Å²) in [5, 5.41) is 9.84. The largest absolute Gasteiger partial charge is 0.490 e. The number of carbonyl (C=O) groups excluding carboxylic acids is 1. The van der Waals surface area contributed by atoms with Gasteiger partial charge in [-0.15, -0.1) is 0 Å². The molecule has 0 bridgehead atoms. The number of benzene rings is 1. The van der Waals surface area contributed by atoms with Gasteiger partial charge in [0.25, 0.3) is 0 Å². The maximum atomic E-state index is 13.6. The number of rotatable bonds is 5. The maximum absolute atomic E-state index is 13.6. The number of aromatic amines is 1. The molecule has 2 heterocycles. The maximum Gasteiger partial charge on any atom is 0.229 e. The highest BCUT2D eigenvalue weighted by Gasteiger charge is 2.59. The highest BCUT2D eigenvalue weighted by molar-refractivity contribution is 5.91. The molecule has 1 amide bonds. The van der Waals surface area contributed by atoms with Gasteiger partial charge in [-0.2, -0.15) is 10.1 Å². The molecule has 2 aliphatic rings. The van der Waals surface area contributed by atoms with Crippen molar-refractivity contribution in [2.75, 3.05) is 5.32 Å². The van der Waals surface area contributed by atoms with Crippen molar-refractivity contribution in [3.8, 4) is 5.75 Å². The van der Waals surface area contributed by atoms with Crippen LogP contribution in [0.3, 0.4) is 0 Å². The third-order valence-electron chi connectivity index (χ3n) is 6.07. The minimum atomic E-state index is -0.300. The highest BCUT2D eigenvalue weighted by Crippen LogP contribution is 2.61. The molecule has 28 heavy (non-hydrogen) atoms. The molecule has 1 aromatic carbocycles. The molecule has 2 fully saturated rings. The first-order valence-corrected chi connectivity index (χ1v) is 9.47. The van der Waals surface area contributed by atoms with Crippen LogP contribution in [0.15, 0.2) is 36.8 Å². The van der Waals surface area contributed by atoms with E-state index in [0.717, 1.165) is 18.4 Å². The van der Waals surface area contributed by atoms with Gasteiger partial charge >= 0.3 is 0 Å². The SMILES string of the molecule is CC(C(=O)Nc1ncn[nH]1)C1C2CC(Oc3ccnc4ccc(F)cc34)CC21. The molecule has 2 N–H and O–H groups in total. The summed E-state index contributed by atoms with van der Waals surface area (Å²) in [6.07, 6.45) is 4.96. The summed E-state index contributed by atoms with van der Waals surface area (Å²) in [7, 11) is 0. The minimum Gasteiger partial charge on any atom is -0.490 e. The zero-order valence-corrected chi connectivity index (χ0v) is 15.3. The Labute approximate surface area is 160 Å². The van der Waals surface area contributed by atoms with E-state index in [0.29, 0.717) is 34.8 Å². The molecule has 2 aromatic heterocycles. The van der Waals surface area contributed by atoms with E-state index in [4.69, 9.17) is 4.74 Å². The van der Waals surface area contributed by atoms with Crippen LogP contribution >= 0.6 is 0 Å². The zero-order valence-electron chi connectivity index (χ0n) is 15.3. The predicted octanol–water partition coefficient (Wildman–Crippen LogP) is 3.17. The molecule has 2 aliphatic carbocycles. The summed E-state index contributed by atoms with van der Waals surface area (Å²) >= 11 is 0. The number of fused-ring (bicyclic) bond motifs is 2. The molecule has 0 radical (unpaired) electrons. The van der Waals surface area contributed by atoms with E-state index in [1.165, 1.54) is 18.5 Å². The van der Waals surface area contributed by atoms with Gasteiger partial charge in [-0.3, -0.25) is 15.1 Å². The quantitative estimate of drug-likeness (QED) is 0.708. The molecule has 144 valence electrons. The first-order chi connectivity index (χ1) is 13.6. The van der Waals surface area contributed by atoms with E-state index in [1.807, 2.05) is 6.92 Å². The van der Waals surface area contributed by atoms with Crippen molar-refractivity contribution in [3.05, 3.63) is 42.6 Å². The Balaban J connectivity index is 1.21. The van der Waals surface area contributed by atoms with Crippen LogP contribution in [0, 0.1) is 29.5 Å². The summed E-state index contributed by atoms with van der Waals surface area (Å²) in [6, 6.07) is 6.32. The standard InChI is InChI=1S/C20H20FN5O2/c1-10(19(27)25-20-23-9-24-26-20)18-13-7-12(8-14(13)18)28-17-4-5-22-16-3-2-11(21)6-15(16)17/h2-6,9-10,12-14,18H,7-8H2,1H3,(H2,23,24,25,26,27). The molecule has 2 saturated carbocycles. The number of carbonyl (C=O) groups is 1. The second-order valence-electron chi connectivity index (χ2n) is 7.70. The lowest BCUT2D eigenvalue weighted by atomic mass is 9.97. The molecule has 3 aromatic rings. The van der Waals surface area contributed by atoms with Gasteiger partial charge in [0, 0.05) is 17.5 Å². The van der Waals surface area contributed by atoms with Gasteiger partial charge < -0.3 is 4.74 Å². The summed E-state index contributed by atoms with van der Waals surface area (Å²) in [5.74, 6) is 1.97. The van der Waals surface area contributed by atoms with Gasteiger partial charge in [0.05, 0.1) is 11.6 Å². The van der Waals surface area contributed by atoms with Gasteiger partial charge in [-0.25, -0.2) is 9.49 Å². The van der Waals surface area contributed by atoms with Crippen molar-refractivity contribution < 1.29 is 13.9 Å². The molecular formula is C20H20FN5O2. The molecule has 7 nitrogen and oxygen atoms in total. The number of nitrogens with one attached hydrogen (secondary N) is 2. The first-order valence-electron chi connectivity index (χ1n) is 9.47. The van der Waals surface area contributed by atoms with Crippen molar-refractivity contribution in [1.82, 2.24) is 20.2 Å². The van der Waals surface area contributed by atoms with Crippen LogP contribution in [0.2, 0.25) is 0 Å². The van der Waals surface area contributed by atoms with Crippen LogP contribution in [0.25, 0.3) is 10.9 Å². The van der Waals surface area contributed by atoms with Gasteiger partial charge in [-0.1, -0.05) is 6.92 Å². The molecular weight excluding hydrogens is 361 g/mol. The van der Waals surface area contributed by atoms with E-state index in [9.17, 15) is 9.18 Å². The molecule has 3 atom stereocenters. The van der Waals surface area contributed by atoms with Crippen molar-refractivity contribution in [1.29, 1.82) is 0 Å². The smallest absolute Gasteiger partial charge is 0.229 e. The molecule has 0 aliphatic heterocycles. The Kier molecular flexibility index (Phi) is 3.99. The number of hydrogen-bond acceptors (Lipinski definition) is 5. The summed E-state index contributed by atoms with van der Waals surface area (Å²) < 4.78 is 19.8. The fraction of sp³-hybridized carbons (Fsp3) is 0.400. The highest BCUT2D eigenvalue weighted by atomic mass is 19.1. The zero-order chi connectivity index (χ0) is 19.3. The second-order valence-corrected chi connectivity index (χ2v) is 7.70. The van der Waals surface area contributed by atoms with Crippen LogP contribution in [0.1, 0.15) is 19.8 Å². The normalized spacial score (nSPS) is 26.6. The molecule has 0 spiro atoms. The average molecular weight is 381 g/mol. The Morgan fingerprint density at radius 2 is 2.11 bits per heavy atom. The van der Waals surface area contributed by atoms with Crippen molar-refractivity contribution in [3.63, 3.8) is 0 Å². The Bertz CT molecular complexity index is 1010. The predicted molar refractivity (Wildman–Crippen MR) is 100.0 cm³/mol. The number of H-pyrrole nitrogens is 1. The molecule has 0 saturated heterocycles. The lowest BCUT2D eigenvalue weighted by Crippen LogP contribution is -2.26. The Morgan fingerprint density at radius 3 is 2.86 bits per heavy atom. The van der Waals surface area contributed by atoms with Crippen molar-refractivity contribution >= 4 is 22.8 Å². The summed E-state index contributed by atoms with van der Waals surface area (Å²) in [5.41, 5.74) is 0.720. The van der Waals surface area contributed by atoms with Crippen LogP contribution in [0.5, 0.6) is 5.75 Å². The lowest BCUT2D eigenvalue weighted by molar-refractivity contribution is -0.120. The molecule has 3 unspecified atom stereocenters. The van der Waals surface area contributed by atoms with E-state index >= 15 is 0 Å². The van der Waals surface area contributed by atoms with Crippen LogP contribution in [0.4, 0.5) is 10.3 Å². The van der Waals surface area contributed by atoms with Crippen molar-refractivity contribution in [2.45, 2.75) is 25.9 Å². The monoisotopic (exact) mass is 381 g/mol. The first kappa shape index (κ1) is 17.1. The number of hydrogen-bond donors (Lipinski definition) is 2. The van der Waals surface area contributed by atoms with Gasteiger partial charge in [0.1, 0.15) is 17.9 Å². The molecule has 8 heteroatoms. The third-order valence-corrected chi connectivity index (χ3v) is 6.07. The number of halogens is 1. The van der Waals surface area contributed by atoms with E-state index in [1.54, 1.807) is 18.3 Å². The Morgan fingerprint density at radius 1 is 1.29 bits per heavy atom. The van der Waals surface area contributed by atoms with Crippen LogP contribution in [-0.2, 0) is 4.79 Å². The van der Waals surface area contributed by atoms with Gasteiger partial charge in [0.15, 0.2) is 0 Å². The van der Waals surface area contributed by atoms with Gasteiger partial charge in [-0.05, 0) is 54.9 Å². The lowest BCUT2D eigenvalue weighted by Gasteiger charge is -2.20. The number of aromatic nitrogens is 4. The fourth-order valence-electron chi connectivity index (χ4n) is 4.73. The number of amides is 1. The average Bonchev–Trinajstić information content (AvgIpc) is 3.04. The summed E-state index contributed by atoms with van der Waals surface area (Å²) in [6.45, 7) is 1.96. The van der Waals surface area contributed by atoms with Crippen LogP contribution < -0.4 is 10.1 Å². The van der Waals surface area contributed by atoms with E-state index in [2.05, 4.69) is 25.5 Å².